The highest BCUT2D eigenvalue weighted by Crippen LogP contribution is 2.42. The van der Waals surface area contributed by atoms with E-state index in [-0.39, 0.29) is 11.7 Å². The topological polar surface area (TPSA) is 54.4 Å². The quantitative estimate of drug-likeness (QED) is 0.811. The van der Waals surface area contributed by atoms with Gasteiger partial charge in [0, 0.05) is 5.92 Å². The fourth-order valence-corrected chi connectivity index (χ4v) is 2.43. The van der Waals surface area contributed by atoms with E-state index in [1.165, 1.54) is 11.3 Å². The lowest BCUT2D eigenvalue weighted by Gasteiger charge is -1.92. The molecule has 0 spiro atoms. The smallest absolute Gasteiger partial charge is 0.307 e. The van der Waals surface area contributed by atoms with Crippen LogP contribution in [0.15, 0.2) is 12.1 Å². The summed E-state index contributed by atoms with van der Waals surface area (Å²) in [6.07, 6.45) is 0.462. The van der Waals surface area contributed by atoms with Crippen molar-refractivity contribution in [1.29, 1.82) is 0 Å². The van der Waals surface area contributed by atoms with Crippen LogP contribution in [0, 0.1) is 11.8 Å². The Morgan fingerprint density at radius 3 is 2.57 bits per heavy atom. The summed E-state index contributed by atoms with van der Waals surface area (Å²) < 4.78 is 0.556. The molecule has 0 aromatic carbocycles. The van der Waals surface area contributed by atoms with E-state index >= 15 is 0 Å². The zero-order valence-corrected chi connectivity index (χ0v) is 8.64. The van der Waals surface area contributed by atoms with Crippen LogP contribution in [0.25, 0.3) is 0 Å². The molecule has 1 N–H and O–H groups in total. The highest BCUT2D eigenvalue weighted by molar-refractivity contribution is 7.18. The maximum Gasteiger partial charge on any atom is 0.307 e. The fraction of sp³-hybridized carbons (Fsp3) is 0.333. The van der Waals surface area contributed by atoms with E-state index in [0.29, 0.717) is 15.6 Å². The van der Waals surface area contributed by atoms with Crippen molar-refractivity contribution in [3.05, 3.63) is 21.3 Å². The molecule has 2 rings (SSSR count). The molecule has 74 valence electrons. The van der Waals surface area contributed by atoms with Gasteiger partial charge >= 0.3 is 5.97 Å². The Bertz CT molecular complexity index is 399. The van der Waals surface area contributed by atoms with Crippen molar-refractivity contribution in [2.24, 2.45) is 11.8 Å². The Morgan fingerprint density at radius 2 is 2.14 bits per heavy atom. The fourth-order valence-electron chi connectivity index (χ4n) is 1.39. The summed E-state index contributed by atoms with van der Waals surface area (Å²) in [6, 6.07) is 3.30. The minimum absolute atomic E-state index is 0.0886. The summed E-state index contributed by atoms with van der Waals surface area (Å²) in [4.78, 5) is 22.7. The average molecular weight is 231 g/mol. The second-order valence-electron chi connectivity index (χ2n) is 3.25. The first-order valence-corrected chi connectivity index (χ1v) is 5.31. The molecule has 1 aliphatic carbocycles. The molecular formula is C9H7ClO3S. The molecule has 14 heavy (non-hydrogen) atoms. The first kappa shape index (κ1) is 9.68. The van der Waals surface area contributed by atoms with Crippen LogP contribution in [0.1, 0.15) is 16.1 Å². The third kappa shape index (κ3) is 1.67. The summed E-state index contributed by atoms with van der Waals surface area (Å²) in [5, 5.41) is 8.65. The zero-order valence-electron chi connectivity index (χ0n) is 7.07. The minimum Gasteiger partial charge on any atom is -0.481 e. The molecule has 1 heterocycles. The predicted octanol–water partition coefficient (Wildman–Crippen LogP) is 2.30. The van der Waals surface area contributed by atoms with E-state index in [2.05, 4.69) is 0 Å². The van der Waals surface area contributed by atoms with Crippen LogP contribution >= 0.6 is 22.9 Å². The molecule has 1 fully saturated rings. The Labute approximate surface area is 89.3 Å². The predicted molar refractivity (Wildman–Crippen MR) is 52.9 cm³/mol. The molecule has 0 radical (unpaired) electrons. The van der Waals surface area contributed by atoms with E-state index in [0.717, 1.165) is 0 Å². The lowest BCUT2D eigenvalue weighted by atomic mass is 10.2. The van der Waals surface area contributed by atoms with Crippen LogP contribution in [0.5, 0.6) is 0 Å². The molecular weight excluding hydrogens is 224 g/mol. The standard InChI is InChI=1S/C9H7ClO3S/c10-7-2-1-6(14-7)8(11)4-3-5(4)9(12)13/h1-2,4-5H,3H2,(H,12,13)/t4-,5?/m0/s1. The lowest BCUT2D eigenvalue weighted by molar-refractivity contribution is -0.138. The van der Waals surface area contributed by atoms with Gasteiger partial charge in [0.15, 0.2) is 5.78 Å². The lowest BCUT2D eigenvalue weighted by Crippen LogP contribution is -2.06. The molecule has 1 unspecified atom stereocenters. The summed E-state index contributed by atoms with van der Waals surface area (Å²) in [5.74, 6) is -1.79. The second-order valence-corrected chi connectivity index (χ2v) is 4.97. The first-order chi connectivity index (χ1) is 6.59. The highest BCUT2D eigenvalue weighted by atomic mass is 35.5. The van der Waals surface area contributed by atoms with Crippen LogP contribution in [0.4, 0.5) is 0 Å². The van der Waals surface area contributed by atoms with Gasteiger partial charge in [0.1, 0.15) is 0 Å². The van der Waals surface area contributed by atoms with Crippen molar-refractivity contribution in [2.75, 3.05) is 0 Å². The largest absolute Gasteiger partial charge is 0.481 e. The second kappa shape index (κ2) is 3.37. The Balaban J connectivity index is 2.08. The van der Waals surface area contributed by atoms with Crippen molar-refractivity contribution in [1.82, 2.24) is 0 Å². The molecule has 0 saturated heterocycles. The van der Waals surface area contributed by atoms with E-state index in [9.17, 15) is 9.59 Å². The van der Waals surface area contributed by atoms with Crippen molar-refractivity contribution in [2.45, 2.75) is 6.42 Å². The van der Waals surface area contributed by atoms with Crippen LogP contribution < -0.4 is 0 Å². The molecule has 2 atom stereocenters. The van der Waals surface area contributed by atoms with Gasteiger partial charge in [0.05, 0.1) is 15.1 Å². The van der Waals surface area contributed by atoms with Crippen LogP contribution in [0.2, 0.25) is 4.34 Å². The Morgan fingerprint density at radius 1 is 1.43 bits per heavy atom. The molecule has 0 aliphatic heterocycles. The van der Waals surface area contributed by atoms with Gasteiger partial charge in [0.2, 0.25) is 0 Å². The van der Waals surface area contributed by atoms with E-state index in [4.69, 9.17) is 16.7 Å². The number of thiophene rings is 1. The maximum atomic E-state index is 11.6. The van der Waals surface area contributed by atoms with Crippen molar-refractivity contribution in [3.8, 4) is 0 Å². The monoisotopic (exact) mass is 230 g/mol. The van der Waals surface area contributed by atoms with Crippen molar-refractivity contribution < 1.29 is 14.7 Å². The van der Waals surface area contributed by atoms with Gasteiger partial charge in [-0.15, -0.1) is 11.3 Å². The van der Waals surface area contributed by atoms with Crippen LogP contribution in [-0.4, -0.2) is 16.9 Å². The number of hydrogen-bond acceptors (Lipinski definition) is 3. The maximum absolute atomic E-state index is 11.6. The van der Waals surface area contributed by atoms with Gasteiger partial charge in [-0.25, -0.2) is 0 Å². The molecule has 1 aliphatic rings. The molecule has 1 aromatic rings. The zero-order chi connectivity index (χ0) is 10.3. The van der Waals surface area contributed by atoms with Crippen LogP contribution in [0.3, 0.4) is 0 Å². The summed E-state index contributed by atoms with van der Waals surface area (Å²) in [7, 11) is 0. The van der Waals surface area contributed by atoms with Crippen molar-refractivity contribution >= 4 is 34.7 Å². The summed E-state index contributed by atoms with van der Waals surface area (Å²) >= 11 is 6.88. The van der Waals surface area contributed by atoms with E-state index in [1.807, 2.05) is 0 Å². The number of carbonyl (C=O) groups excluding carboxylic acids is 1. The molecule has 3 nitrogen and oxygen atoms in total. The third-order valence-electron chi connectivity index (χ3n) is 2.26. The van der Waals surface area contributed by atoms with E-state index in [1.54, 1.807) is 12.1 Å². The van der Waals surface area contributed by atoms with Gasteiger partial charge in [0.25, 0.3) is 0 Å². The summed E-state index contributed by atoms with van der Waals surface area (Å²) in [6.45, 7) is 0. The first-order valence-electron chi connectivity index (χ1n) is 4.12. The number of carboxylic acids is 1. The van der Waals surface area contributed by atoms with Crippen molar-refractivity contribution in [3.63, 3.8) is 0 Å². The highest BCUT2D eigenvalue weighted by Gasteiger charge is 2.48. The number of halogens is 1. The average Bonchev–Trinajstić information content (AvgIpc) is 2.82. The van der Waals surface area contributed by atoms with Gasteiger partial charge in [-0.05, 0) is 18.6 Å². The number of carboxylic acid groups (broad SMARTS) is 1. The van der Waals surface area contributed by atoms with Crippen LogP contribution in [-0.2, 0) is 4.79 Å². The molecule has 1 aromatic heterocycles. The number of rotatable bonds is 3. The number of Topliss-reactive ketones (excluding diaryl/α,β-unsaturated/α-hetero) is 1. The number of carbonyl (C=O) groups is 2. The number of hydrogen-bond donors (Lipinski definition) is 1. The molecule has 0 amide bonds. The number of ketones is 1. The molecule has 1 saturated carbocycles. The third-order valence-corrected chi connectivity index (χ3v) is 3.51. The molecule has 0 bridgehead atoms. The SMILES string of the molecule is O=C(O)C1C[C@@H]1C(=O)c1ccc(Cl)s1. The van der Waals surface area contributed by atoms with Gasteiger partial charge in [-0.2, -0.15) is 0 Å². The molecule has 5 heteroatoms. The summed E-state index contributed by atoms with van der Waals surface area (Å²) in [5.41, 5.74) is 0. The Kier molecular flexibility index (Phi) is 2.33. The van der Waals surface area contributed by atoms with E-state index < -0.39 is 11.9 Å². The van der Waals surface area contributed by atoms with Gasteiger partial charge < -0.3 is 5.11 Å². The van der Waals surface area contributed by atoms with Gasteiger partial charge in [-0.1, -0.05) is 11.6 Å². The minimum atomic E-state index is -0.883. The Hall–Kier alpha value is -0.870. The van der Waals surface area contributed by atoms with Gasteiger partial charge in [-0.3, -0.25) is 9.59 Å². The number of aliphatic carboxylic acids is 1. The normalized spacial score (nSPS) is 24.6.